The highest BCUT2D eigenvalue weighted by atomic mass is 16.2. The summed E-state index contributed by atoms with van der Waals surface area (Å²) in [5.74, 6) is 0.523. The molecule has 0 aromatic carbocycles. The molecular weight excluding hydrogens is 252 g/mol. The van der Waals surface area contributed by atoms with Gasteiger partial charge in [0, 0.05) is 32.6 Å². The summed E-state index contributed by atoms with van der Waals surface area (Å²) in [5.41, 5.74) is 0. The molecule has 0 aliphatic carbocycles. The Morgan fingerprint density at radius 3 is 2.15 bits per heavy atom. The van der Waals surface area contributed by atoms with Gasteiger partial charge in [0.1, 0.15) is 0 Å². The van der Waals surface area contributed by atoms with Crippen molar-refractivity contribution in [2.75, 3.05) is 26.2 Å². The topological polar surface area (TPSA) is 40.6 Å². The van der Waals surface area contributed by atoms with E-state index in [0.29, 0.717) is 18.9 Å². The molecule has 0 aromatic rings. The standard InChI is InChI=1S/C16H28N2O2/c1-2-15(19)18-12-8-9-14(13-18)16(20)17-10-6-4-3-5-7-11-17/h14H,2-13H2,1H3. The largest absolute Gasteiger partial charge is 0.342 e. The zero-order valence-electron chi connectivity index (χ0n) is 12.8. The molecule has 0 radical (unpaired) electrons. The van der Waals surface area contributed by atoms with Crippen molar-refractivity contribution < 1.29 is 9.59 Å². The molecule has 1 unspecified atom stereocenters. The maximum atomic E-state index is 12.7. The van der Waals surface area contributed by atoms with Gasteiger partial charge in [0.25, 0.3) is 0 Å². The number of carbonyl (C=O) groups excluding carboxylic acids is 2. The molecule has 20 heavy (non-hydrogen) atoms. The lowest BCUT2D eigenvalue weighted by Gasteiger charge is -2.35. The second-order valence-electron chi connectivity index (χ2n) is 6.13. The smallest absolute Gasteiger partial charge is 0.227 e. The molecule has 2 saturated heterocycles. The highest BCUT2D eigenvalue weighted by molar-refractivity contribution is 5.81. The van der Waals surface area contributed by atoms with Crippen molar-refractivity contribution in [1.82, 2.24) is 9.80 Å². The third-order valence-corrected chi connectivity index (χ3v) is 4.59. The molecule has 0 spiro atoms. The van der Waals surface area contributed by atoms with Crippen LogP contribution in [-0.2, 0) is 9.59 Å². The van der Waals surface area contributed by atoms with Crippen molar-refractivity contribution in [3.05, 3.63) is 0 Å². The van der Waals surface area contributed by atoms with Crippen molar-refractivity contribution in [2.45, 2.75) is 58.3 Å². The lowest BCUT2D eigenvalue weighted by molar-refractivity contribution is -0.141. The molecule has 0 aromatic heterocycles. The zero-order chi connectivity index (χ0) is 14.4. The van der Waals surface area contributed by atoms with E-state index in [4.69, 9.17) is 0 Å². The first-order valence-electron chi connectivity index (χ1n) is 8.29. The number of nitrogens with zero attached hydrogens (tertiary/aromatic N) is 2. The summed E-state index contributed by atoms with van der Waals surface area (Å²) in [7, 11) is 0. The van der Waals surface area contributed by atoms with Gasteiger partial charge in [-0.05, 0) is 25.7 Å². The van der Waals surface area contributed by atoms with E-state index in [0.717, 1.165) is 45.3 Å². The van der Waals surface area contributed by atoms with Crippen LogP contribution in [0.3, 0.4) is 0 Å². The monoisotopic (exact) mass is 280 g/mol. The van der Waals surface area contributed by atoms with E-state index in [9.17, 15) is 9.59 Å². The van der Waals surface area contributed by atoms with Gasteiger partial charge >= 0.3 is 0 Å². The highest BCUT2D eigenvalue weighted by Crippen LogP contribution is 2.21. The minimum atomic E-state index is 0.0404. The Morgan fingerprint density at radius 1 is 0.900 bits per heavy atom. The van der Waals surface area contributed by atoms with Gasteiger partial charge in [0.15, 0.2) is 0 Å². The van der Waals surface area contributed by atoms with Crippen molar-refractivity contribution in [3.8, 4) is 0 Å². The molecule has 2 fully saturated rings. The summed E-state index contributed by atoms with van der Waals surface area (Å²) in [6, 6.07) is 0. The van der Waals surface area contributed by atoms with Crippen molar-refractivity contribution in [3.63, 3.8) is 0 Å². The third-order valence-electron chi connectivity index (χ3n) is 4.59. The maximum Gasteiger partial charge on any atom is 0.227 e. The predicted molar refractivity (Wildman–Crippen MR) is 79.3 cm³/mol. The first kappa shape index (κ1) is 15.3. The van der Waals surface area contributed by atoms with Crippen LogP contribution in [0.15, 0.2) is 0 Å². The van der Waals surface area contributed by atoms with Gasteiger partial charge in [-0.15, -0.1) is 0 Å². The SMILES string of the molecule is CCC(=O)N1CCCC(C(=O)N2CCCCCCC2)C1. The van der Waals surface area contributed by atoms with Crippen molar-refractivity contribution in [1.29, 1.82) is 0 Å². The minimum Gasteiger partial charge on any atom is -0.342 e. The molecule has 0 N–H and O–H groups in total. The minimum absolute atomic E-state index is 0.0404. The van der Waals surface area contributed by atoms with Crippen molar-refractivity contribution >= 4 is 11.8 Å². The average molecular weight is 280 g/mol. The average Bonchev–Trinajstić information content (AvgIpc) is 2.45. The number of likely N-dealkylation sites (tertiary alicyclic amines) is 2. The first-order chi connectivity index (χ1) is 9.72. The number of rotatable bonds is 2. The Hall–Kier alpha value is -1.06. The van der Waals surface area contributed by atoms with E-state index in [1.165, 1.54) is 19.3 Å². The van der Waals surface area contributed by atoms with E-state index in [-0.39, 0.29) is 11.8 Å². The van der Waals surface area contributed by atoms with Gasteiger partial charge in [0.05, 0.1) is 5.92 Å². The summed E-state index contributed by atoms with van der Waals surface area (Å²) in [6.45, 7) is 5.19. The number of hydrogen-bond acceptors (Lipinski definition) is 2. The molecule has 2 aliphatic heterocycles. The van der Waals surface area contributed by atoms with Gasteiger partial charge in [0.2, 0.25) is 11.8 Å². The predicted octanol–water partition coefficient (Wildman–Crippen LogP) is 2.43. The van der Waals surface area contributed by atoms with E-state index >= 15 is 0 Å². The Morgan fingerprint density at radius 2 is 1.50 bits per heavy atom. The lowest BCUT2D eigenvalue weighted by atomic mass is 9.95. The third kappa shape index (κ3) is 3.97. The van der Waals surface area contributed by atoms with Gasteiger partial charge < -0.3 is 9.80 Å². The van der Waals surface area contributed by atoms with Crippen LogP contribution in [-0.4, -0.2) is 47.8 Å². The van der Waals surface area contributed by atoms with Crippen LogP contribution >= 0.6 is 0 Å². The molecule has 1 atom stereocenters. The molecule has 4 nitrogen and oxygen atoms in total. The number of carbonyl (C=O) groups is 2. The number of amides is 2. The van der Waals surface area contributed by atoms with Crippen LogP contribution in [0.25, 0.3) is 0 Å². The van der Waals surface area contributed by atoms with Crippen LogP contribution < -0.4 is 0 Å². The van der Waals surface area contributed by atoms with E-state index in [2.05, 4.69) is 4.90 Å². The maximum absolute atomic E-state index is 12.7. The Balaban J connectivity index is 1.91. The molecule has 2 heterocycles. The molecule has 2 aliphatic rings. The van der Waals surface area contributed by atoms with Crippen LogP contribution in [0, 0.1) is 5.92 Å². The normalized spacial score (nSPS) is 24.9. The van der Waals surface area contributed by atoms with E-state index in [1.54, 1.807) is 0 Å². The summed E-state index contributed by atoms with van der Waals surface area (Å²) in [5, 5.41) is 0. The number of hydrogen-bond donors (Lipinski definition) is 0. The fourth-order valence-corrected chi connectivity index (χ4v) is 3.35. The second kappa shape index (κ2) is 7.65. The Bertz CT molecular complexity index is 335. The van der Waals surface area contributed by atoms with Crippen LogP contribution in [0.1, 0.15) is 58.3 Å². The molecule has 0 saturated carbocycles. The first-order valence-corrected chi connectivity index (χ1v) is 8.29. The molecule has 4 heteroatoms. The lowest BCUT2D eigenvalue weighted by Crippen LogP contribution is -2.47. The van der Waals surface area contributed by atoms with Crippen LogP contribution in [0.2, 0.25) is 0 Å². The summed E-state index contributed by atoms with van der Waals surface area (Å²) < 4.78 is 0. The molecule has 0 bridgehead atoms. The van der Waals surface area contributed by atoms with E-state index in [1.807, 2.05) is 11.8 Å². The fourth-order valence-electron chi connectivity index (χ4n) is 3.35. The molecule has 2 amide bonds. The Kier molecular flexibility index (Phi) is 5.86. The highest BCUT2D eigenvalue weighted by Gasteiger charge is 2.30. The molecule has 114 valence electrons. The van der Waals surface area contributed by atoms with Crippen LogP contribution in [0.5, 0.6) is 0 Å². The summed E-state index contributed by atoms with van der Waals surface area (Å²) >= 11 is 0. The number of piperidine rings is 1. The van der Waals surface area contributed by atoms with Gasteiger partial charge in [-0.2, -0.15) is 0 Å². The van der Waals surface area contributed by atoms with E-state index < -0.39 is 0 Å². The Labute approximate surface area is 122 Å². The quantitative estimate of drug-likeness (QED) is 0.779. The fraction of sp³-hybridized carbons (Fsp3) is 0.875. The summed E-state index contributed by atoms with van der Waals surface area (Å²) in [4.78, 5) is 28.4. The van der Waals surface area contributed by atoms with Crippen molar-refractivity contribution in [2.24, 2.45) is 5.92 Å². The van der Waals surface area contributed by atoms with Gasteiger partial charge in [-0.3, -0.25) is 9.59 Å². The second-order valence-corrected chi connectivity index (χ2v) is 6.13. The summed E-state index contributed by atoms with van der Waals surface area (Å²) in [6.07, 6.45) is 8.53. The molecule has 2 rings (SSSR count). The van der Waals surface area contributed by atoms with Gasteiger partial charge in [-0.25, -0.2) is 0 Å². The zero-order valence-corrected chi connectivity index (χ0v) is 12.8. The van der Waals surface area contributed by atoms with Crippen LogP contribution in [0.4, 0.5) is 0 Å². The van der Waals surface area contributed by atoms with Gasteiger partial charge in [-0.1, -0.05) is 26.2 Å². The molecular formula is C16H28N2O2.